The van der Waals surface area contributed by atoms with Gasteiger partial charge in [-0.25, -0.2) is 0 Å². The van der Waals surface area contributed by atoms with Crippen LogP contribution in [0.1, 0.15) is 19.9 Å². The zero-order valence-electron chi connectivity index (χ0n) is 9.38. The second kappa shape index (κ2) is 3.30. The molecule has 0 N–H and O–H groups in total. The van der Waals surface area contributed by atoms with Crippen LogP contribution in [0, 0.1) is 0 Å². The lowest BCUT2D eigenvalue weighted by atomic mass is 10.2. The lowest BCUT2D eigenvalue weighted by Gasteiger charge is -2.10. The number of hydrogen-bond donors (Lipinski definition) is 0. The van der Waals surface area contributed by atoms with Crippen molar-refractivity contribution in [3.8, 4) is 0 Å². The van der Waals surface area contributed by atoms with Gasteiger partial charge < -0.3 is 4.57 Å². The fourth-order valence-corrected chi connectivity index (χ4v) is 2.30. The van der Waals surface area contributed by atoms with Crippen LogP contribution >= 0.6 is 0 Å². The summed E-state index contributed by atoms with van der Waals surface area (Å²) in [6.07, 6.45) is 7.51. The molecule has 3 aromatic rings. The average molecular weight is 211 g/mol. The van der Waals surface area contributed by atoms with E-state index in [0.29, 0.717) is 6.04 Å². The Morgan fingerprint density at radius 3 is 1.88 bits per heavy atom. The van der Waals surface area contributed by atoms with Crippen molar-refractivity contribution >= 4 is 21.8 Å². The highest BCUT2D eigenvalue weighted by Gasteiger charge is 2.11. The van der Waals surface area contributed by atoms with Gasteiger partial charge in [0.15, 0.2) is 0 Å². The molecule has 3 rings (SSSR count). The zero-order valence-corrected chi connectivity index (χ0v) is 9.38. The van der Waals surface area contributed by atoms with Crippen LogP contribution < -0.4 is 0 Å². The highest BCUT2D eigenvalue weighted by molar-refractivity contribution is 6.07. The van der Waals surface area contributed by atoms with Gasteiger partial charge in [0.2, 0.25) is 0 Å². The standard InChI is InChI=1S/C13H13N3/c1-9(2)16-12-3-5-14-7-10(12)11-8-15-6-4-13(11)16/h3-9H,1-2H3. The Balaban J connectivity index is 2.59. The Hall–Kier alpha value is -1.90. The zero-order chi connectivity index (χ0) is 11.1. The minimum absolute atomic E-state index is 0.435. The van der Waals surface area contributed by atoms with Crippen molar-refractivity contribution in [2.75, 3.05) is 0 Å². The monoisotopic (exact) mass is 211 g/mol. The summed E-state index contributed by atoms with van der Waals surface area (Å²) < 4.78 is 2.33. The van der Waals surface area contributed by atoms with E-state index >= 15 is 0 Å². The van der Waals surface area contributed by atoms with Crippen molar-refractivity contribution in [3.63, 3.8) is 0 Å². The molecule has 0 amide bonds. The summed E-state index contributed by atoms with van der Waals surface area (Å²) in [6, 6.07) is 4.56. The first-order chi connectivity index (χ1) is 7.79. The Morgan fingerprint density at radius 1 is 0.938 bits per heavy atom. The summed E-state index contributed by atoms with van der Waals surface area (Å²) in [5, 5.41) is 2.36. The minimum atomic E-state index is 0.435. The van der Waals surface area contributed by atoms with Gasteiger partial charge in [-0.3, -0.25) is 9.97 Å². The Labute approximate surface area is 93.7 Å². The van der Waals surface area contributed by atoms with Gasteiger partial charge in [-0.05, 0) is 26.0 Å². The molecule has 0 atom stereocenters. The predicted octanol–water partition coefficient (Wildman–Crippen LogP) is 3.17. The van der Waals surface area contributed by atoms with Crippen LogP contribution in [0.3, 0.4) is 0 Å². The van der Waals surface area contributed by atoms with E-state index in [1.807, 2.05) is 24.8 Å². The van der Waals surface area contributed by atoms with Crippen LogP contribution in [0.4, 0.5) is 0 Å². The average Bonchev–Trinajstić information content (AvgIpc) is 2.63. The number of pyridine rings is 2. The minimum Gasteiger partial charge on any atom is -0.338 e. The molecule has 3 heterocycles. The molecule has 0 fully saturated rings. The van der Waals surface area contributed by atoms with Gasteiger partial charge in [0.1, 0.15) is 0 Å². The second-order valence-corrected chi connectivity index (χ2v) is 4.25. The molecule has 0 bridgehead atoms. The lowest BCUT2D eigenvalue weighted by Crippen LogP contribution is -1.99. The first-order valence-electron chi connectivity index (χ1n) is 5.46. The normalized spacial score (nSPS) is 11.7. The van der Waals surface area contributed by atoms with E-state index in [1.54, 1.807) is 0 Å². The topological polar surface area (TPSA) is 30.7 Å². The first-order valence-corrected chi connectivity index (χ1v) is 5.46. The van der Waals surface area contributed by atoms with Gasteiger partial charge in [0.25, 0.3) is 0 Å². The number of hydrogen-bond acceptors (Lipinski definition) is 2. The van der Waals surface area contributed by atoms with E-state index in [4.69, 9.17) is 0 Å². The quantitative estimate of drug-likeness (QED) is 0.619. The summed E-state index contributed by atoms with van der Waals surface area (Å²) in [4.78, 5) is 8.39. The van der Waals surface area contributed by atoms with Crippen molar-refractivity contribution in [2.24, 2.45) is 0 Å². The molecular formula is C13H13N3. The summed E-state index contributed by atoms with van der Waals surface area (Å²) in [5.41, 5.74) is 2.46. The largest absolute Gasteiger partial charge is 0.338 e. The van der Waals surface area contributed by atoms with Crippen LogP contribution in [0.15, 0.2) is 36.9 Å². The van der Waals surface area contributed by atoms with Crippen LogP contribution in [0.5, 0.6) is 0 Å². The van der Waals surface area contributed by atoms with E-state index in [9.17, 15) is 0 Å². The molecule has 80 valence electrons. The van der Waals surface area contributed by atoms with Gasteiger partial charge >= 0.3 is 0 Å². The molecular weight excluding hydrogens is 198 g/mol. The molecule has 0 spiro atoms. The summed E-state index contributed by atoms with van der Waals surface area (Å²) in [6.45, 7) is 4.39. The van der Waals surface area contributed by atoms with Gasteiger partial charge in [0.05, 0.1) is 11.0 Å². The molecule has 0 aliphatic heterocycles. The van der Waals surface area contributed by atoms with Gasteiger partial charge in [-0.2, -0.15) is 0 Å². The summed E-state index contributed by atoms with van der Waals surface area (Å²) in [5.74, 6) is 0. The highest BCUT2D eigenvalue weighted by atomic mass is 15.0. The maximum Gasteiger partial charge on any atom is 0.0525 e. The third-order valence-corrected chi connectivity index (χ3v) is 2.92. The maximum atomic E-state index is 4.19. The molecule has 0 radical (unpaired) electrons. The molecule has 0 aromatic carbocycles. The fourth-order valence-electron chi connectivity index (χ4n) is 2.30. The molecule has 0 aliphatic rings. The van der Waals surface area contributed by atoms with Crippen molar-refractivity contribution in [2.45, 2.75) is 19.9 Å². The van der Waals surface area contributed by atoms with Gasteiger partial charge in [-0.15, -0.1) is 0 Å². The van der Waals surface area contributed by atoms with Crippen molar-refractivity contribution in [1.29, 1.82) is 0 Å². The summed E-state index contributed by atoms with van der Waals surface area (Å²) >= 11 is 0. The van der Waals surface area contributed by atoms with Crippen molar-refractivity contribution in [3.05, 3.63) is 36.9 Å². The Kier molecular flexibility index (Phi) is 1.93. The van der Waals surface area contributed by atoms with E-state index < -0.39 is 0 Å². The second-order valence-electron chi connectivity index (χ2n) is 4.25. The lowest BCUT2D eigenvalue weighted by molar-refractivity contribution is 0.642. The molecule has 3 nitrogen and oxygen atoms in total. The predicted molar refractivity (Wildman–Crippen MR) is 65.4 cm³/mol. The number of aromatic nitrogens is 3. The van der Waals surface area contributed by atoms with Crippen LogP contribution in [0.2, 0.25) is 0 Å². The van der Waals surface area contributed by atoms with Crippen LogP contribution in [-0.4, -0.2) is 14.5 Å². The van der Waals surface area contributed by atoms with Crippen LogP contribution in [-0.2, 0) is 0 Å². The van der Waals surface area contributed by atoms with E-state index in [-0.39, 0.29) is 0 Å². The molecule has 0 saturated heterocycles. The Bertz CT molecular complexity index is 599. The molecule has 0 saturated carbocycles. The first kappa shape index (κ1) is 9.33. The van der Waals surface area contributed by atoms with Crippen molar-refractivity contribution < 1.29 is 0 Å². The number of rotatable bonds is 1. The molecule has 0 aliphatic carbocycles. The molecule has 0 unspecified atom stereocenters. The Morgan fingerprint density at radius 2 is 1.44 bits per heavy atom. The number of fused-ring (bicyclic) bond motifs is 3. The molecule has 3 aromatic heterocycles. The summed E-state index contributed by atoms with van der Waals surface area (Å²) in [7, 11) is 0. The number of nitrogens with zero attached hydrogens (tertiary/aromatic N) is 3. The molecule has 3 heteroatoms. The smallest absolute Gasteiger partial charge is 0.0525 e. The maximum absolute atomic E-state index is 4.19. The highest BCUT2D eigenvalue weighted by Crippen LogP contribution is 2.29. The van der Waals surface area contributed by atoms with Crippen LogP contribution in [0.25, 0.3) is 21.8 Å². The fraction of sp³-hybridized carbons (Fsp3) is 0.231. The third kappa shape index (κ3) is 1.14. The van der Waals surface area contributed by atoms with Crippen molar-refractivity contribution in [1.82, 2.24) is 14.5 Å². The van der Waals surface area contributed by atoms with E-state index in [0.717, 1.165) is 0 Å². The third-order valence-electron chi connectivity index (χ3n) is 2.92. The SMILES string of the molecule is CC(C)n1c2ccncc2c2cnccc21. The van der Waals surface area contributed by atoms with Gasteiger partial charge in [0, 0.05) is 41.6 Å². The molecule has 16 heavy (non-hydrogen) atoms. The van der Waals surface area contributed by atoms with E-state index in [1.165, 1.54) is 21.8 Å². The van der Waals surface area contributed by atoms with Gasteiger partial charge in [-0.1, -0.05) is 0 Å². The van der Waals surface area contributed by atoms with E-state index in [2.05, 4.69) is 40.5 Å².